The second kappa shape index (κ2) is 8.93. The van der Waals surface area contributed by atoms with E-state index in [2.05, 4.69) is 10.3 Å². The molecule has 1 saturated heterocycles. The lowest BCUT2D eigenvalue weighted by atomic mass is 9.87. The molecule has 1 unspecified atom stereocenters. The molecule has 32 heavy (non-hydrogen) atoms. The molecule has 3 heterocycles. The number of nitrogens with one attached hydrogen (secondary N) is 1. The van der Waals surface area contributed by atoms with Crippen molar-refractivity contribution in [3.05, 3.63) is 58.4 Å². The molecule has 2 atom stereocenters. The van der Waals surface area contributed by atoms with Gasteiger partial charge in [-0.1, -0.05) is 6.07 Å². The summed E-state index contributed by atoms with van der Waals surface area (Å²) in [5.41, 5.74) is -1.09. The Morgan fingerprint density at radius 3 is 2.62 bits per heavy atom. The molecular weight excluding hydrogens is 442 g/mol. The van der Waals surface area contributed by atoms with Crippen LogP contribution in [0.1, 0.15) is 24.8 Å². The number of hydrogen-bond acceptors (Lipinski definition) is 4. The quantitative estimate of drug-likeness (QED) is 0.692. The van der Waals surface area contributed by atoms with Crippen molar-refractivity contribution in [1.82, 2.24) is 14.5 Å². The predicted molar refractivity (Wildman–Crippen MR) is 103 cm³/mol. The number of hydrogen-bond donors (Lipinski definition) is 1. The van der Waals surface area contributed by atoms with Crippen molar-refractivity contribution in [2.24, 2.45) is 0 Å². The Morgan fingerprint density at radius 1 is 1.28 bits per heavy atom. The van der Waals surface area contributed by atoms with Crippen LogP contribution in [0.15, 0.2) is 41.5 Å². The summed E-state index contributed by atoms with van der Waals surface area (Å²) in [5.74, 6) is -5.83. The summed E-state index contributed by atoms with van der Waals surface area (Å²) in [6.45, 7) is -0.547. The topological polar surface area (TPSA) is 67.2 Å². The molecule has 1 N–H and O–H groups in total. The van der Waals surface area contributed by atoms with Gasteiger partial charge in [-0.15, -0.1) is 0 Å². The van der Waals surface area contributed by atoms with Crippen LogP contribution in [-0.4, -0.2) is 51.6 Å². The summed E-state index contributed by atoms with van der Waals surface area (Å²) in [6.07, 6.45) is -3.61. The van der Waals surface area contributed by atoms with Gasteiger partial charge in [0.15, 0.2) is 0 Å². The van der Waals surface area contributed by atoms with Crippen molar-refractivity contribution < 1.29 is 31.1 Å². The molecule has 0 aliphatic carbocycles. The van der Waals surface area contributed by atoms with E-state index in [0.717, 1.165) is 30.6 Å². The molecule has 0 spiro atoms. The van der Waals surface area contributed by atoms with Gasteiger partial charge in [-0.3, -0.25) is 14.5 Å². The van der Waals surface area contributed by atoms with Crippen molar-refractivity contribution >= 4 is 11.7 Å². The Labute approximate surface area is 178 Å². The highest BCUT2D eigenvalue weighted by molar-refractivity contribution is 5.93. The second-order valence-electron chi connectivity index (χ2n) is 7.63. The van der Waals surface area contributed by atoms with E-state index in [1.54, 1.807) is 0 Å². The highest BCUT2D eigenvalue weighted by Crippen LogP contribution is 2.40. The Morgan fingerprint density at radius 2 is 2.00 bits per heavy atom. The highest BCUT2D eigenvalue weighted by Gasteiger charge is 2.46. The van der Waals surface area contributed by atoms with E-state index in [9.17, 15) is 35.9 Å². The maximum atomic E-state index is 14.7. The van der Waals surface area contributed by atoms with E-state index in [1.165, 1.54) is 17.9 Å². The summed E-state index contributed by atoms with van der Waals surface area (Å²) in [5, 5.41) is 2.47. The zero-order valence-corrected chi connectivity index (χ0v) is 16.9. The minimum atomic E-state index is -4.69. The molecule has 2 aromatic rings. The normalized spacial score (nSPS) is 20.0. The lowest BCUT2D eigenvalue weighted by Crippen LogP contribution is -2.52. The van der Waals surface area contributed by atoms with Crippen LogP contribution in [-0.2, 0) is 11.3 Å². The highest BCUT2D eigenvalue weighted by atomic mass is 19.4. The van der Waals surface area contributed by atoms with Crippen molar-refractivity contribution in [2.45, 2.75) is 43.9 Å². The van der Waals surface area contributed by atoms with Crippen LogP contribution in [0.25, 0.3) is 0 Å². The third-order valence-corrected chi connectivity index (χ3v) is 5.32. The zero-order chi connectivity index (χ0) is 23.7. The lowest BCUT2D eigenvalue weighted by Gasteiger charge is -2.40. The molecule has 6 nitrogen and oxygen atoms in total. The van der Waals surface area contributed by atoms with Crippen LogP contribution in [0.5, 0.6) is 0 Å². The van der Waals surface area contributed by atoms with Crippen LogP contribution in [0.2, 0.25) is 0 Å². The van der Waals surface area contributed by atoms with Gasteiger partial charge in [0.25, 0.3) is 11.5 Å². The Bertz CT molecular complexity index is 1020. The minimum absolute atomic E-state index is 0.0846. The van der Waals surface area contributed by atoms with Crippen LogP contribution in [0.3, 0.4) is 0 Å². The first-order chi connectivity index (χ1) is 14.9. The molecule has 3 rings (SSSR count). The number of rotatable bonds is 5. The largest absolute Gasteiger partial charge is 0.406 e. The summed E-state index contributed by atoms with van der Waals surface area (Å²) in [6, 6.07) is 3.38. The maximum absolute atomic E-state index is 14.7. The zero-order valence-electron chi connectivity index (χ0n) is 16.9. The number of piperidine rings is 1. The number of alkyl halides is 5. The van der Waals surface area contributed by atoms with Crippen molar-refractivity contribution in [2.75, 3.05) is 18.4 Å². The van der Waals surface area contributed by atoms with Gasteiger partial charge in [-0.05, 0) is 24.6 Å². The standard InChI is InChI=1S/C20H20F6N4O2/c1-12(18(32)28-16-4-3-14(21)8-27-16)29-7-6-19(22,23)15(10-29)13-2-5-17(31)30(9-13)11-20(24,25)26/h2-5,8-9,12,15H,6-7,10-11H2,1H3,(H,27,28,32)/t12?,15-/m1/s1. The van der Waals surface area contributed by atoms with E-state index in [1.807, 2.05) is 0 Å². The fourth-order valence-electron chi connectivity index (χ4n) is 3.55. The fourth-order valence-corrected chi connectivity index (χ4v) is 3.55. The summed E-state index contributed by atoms with van der Waals surface area (Å²) < 4.78 is 80.8. The Balaban J connectivity index is 1.79. The van der Waals surface area contributed by atoms with Crippen LogP contribution in [0, 0.1) is 5.82 Å². The van der Waals surface area contributed by atoms with Gasteiger partial charge in [0.05, 0.1) is 18.2 Å². The van der Waals surface area contributed by atoms with Gasteiger partial charge in [0.1, 0.15) is 18.2 Å². The third-order valence-electron chi connectivity index (χ3n) is 5.32. The molecule has 174 valence electrons. The number of likely N-dealkylation sites (tertiary alicyclic amines) is 1. The molecule has 0 aromatic carbocycles. The number of amides is 1. The molecule has 1 aliphatic heterocycles. The van der Waals surface area contributed by atoms with E-state index in [4.69, 9.17) is 0 Å². The average Bonchev–Trinajstić information content (AvgIpc) is 2.70. The van der Waals surface area contributed by atoms with Gasteiger partial charge < -0.3 is 9.88 Å². The molecule has 0 radical (unpaired) electrons. The molecule has 2 aromatic heterocycles. The van der Waals surface area contributed by atoms with Gasteiger partial charge in [0, 0.05) is 31.8 Å². The number of nitrogens with zero attached hydrogens (tertiary/aromatic N) is 3. The molecule has 1 aliphatic rings. The third kappa shape index (κ3) is 5.67. The first kappa shape index (κ1) is 23.8. The number of carbonyl (C=O) groups excluding carboxylic acids is 1. The number of anilines is 1. The van der Waals surface area contributed by atoms with Gasteiger partial charge >= 0.3 is 6.18 Å². The maximum Gasteiger partial charge on any atom is 0.406 e. The van der Waals surface area contributed by atoms with Crippen molar-refractivity contribution in [3.8, 4) is 0 Å². The van der Waals surface area contributed by atoms with Gasteiger partial charge in [-0.2, -0.15) is 13.2 Å². The van der Waals surface area contributed by atoms with Crippen molar-refractivity contribution in [3.63, 3.8) is 0 Å². The molecule has 0 saturated carbocycles. The second-order valence-corrected chi connectivity index (χ2v) is 7.63. The van der Waals surface area contributed by atoms with Crippen LogP contribution < -0.4 is 10.9 Å². The lowest BCUT2D eigenvalue weighted by molar-refractivity contribution is -0.141. The molecule has 0 bridgehead atoms. The monoisotopic (exact) mass is 462 g/mol. The average molecular weight is 462 g/mol. The van der Waals surface area contributed by atoms with E-state index < -0.39 is 54.3 Å². The SMILES string of the molecule is CC(C(=O)Nc1ccc(F)cn1)N1CCC(F)(F)[C@@H](c2ccc(=O)n(CC(F)(F)F)c2)C1. The number of pyridine rings is 2. The Hall–Kier alpha value is -2.89. The van der Waals surface area contributed by atoms with E-state index >= 15 is 0 Å². The molecule has 1 amide bonds. The van der Waals surface area contributed by atoms with E-state index in [0.29, 0.717) is 4.57 Å². The minimum Gasteiger partial charge on any atom is -0.309 e. The summed E-state index contributed by atoms with van der Waals surface area (Å²) >= 11 is 0. The van der Waals surface area contributed by atoms with Crippen molar-refractivity contribution in [1.29, 1.82) is 0 Å². The number of halogens is 6. The molecule has 12 heteroatoms. The first-order valence-electron chi connectivity index (χ1n) is 9.67. The predicted octanol–water partition coefficient (Wildman–Crippen LogP) is 3.40. The summed E-state index contributed by atoms with van der Waals surface area (Å²) in [7, 11) is 0. The van der Waals surface area contributed by atoms with Crippen LogP contribution >= 0.6 is 0 Å². The first-order valence-corrected chi connectivity index (χ1v) is 9.67. The summed E-state index contributed by atoms with van der Waals surface area (Å²) in [4.78, 5) is 29.4. The van der Waals surface area contributed by atoms with Crippen LogP contribution in [0.4, 0.5) is 32.2 Å². The fraction of sp³-hybridized carbons (Fsp3) is 0.450. The van der Waals surface area contributed by atoms with Gasteiger partial charge in [-0.25, -0.2) is 18.2 Å². The van der Waals surface area contributed by atoms with Gasteiger partial charge in [0.2, 0.25) is 5.91 Å². The Kier molecular flexibility index (Phi) is 6.63. The molecule has 1 fully saturated rings. The smallest absolute Gasteiger partial charge is 0.309 e. The number of aromatic nitrogens is 2. The molecular formula is C20H20F6N4O2. The van der Waals surface area contributed by atoms with E-state index in [-0.39, 0.29) is 24.5 Å². The number of carbonyl (C=O) groups is 1.